The van der Waals surface area contributed by atoms with Crippen molar-refractivity contribution in [2.45, 2.75) is 26.3 Å². The van der Waals surface area contributed by atoms with Gasteiger partial charge in [-0.05, 0) is 43.1 Å². The summed E-state index contributed by atoms with van der Waals surface area (Å²) in [4.78, 5) is 5.23. The summed E-state index contributed by atoms with van der Waals surface area (Å²) in [7, 11) is 0. The molecule has 0 aliphatic carbocycles. The lowest BCUT2D eigenvalue weighted by molar-refractivity contribution is 0.589. The number of nitrogens with one attached hydrogen (secondary N) is 1. The van der Waals surface area contributed by atoms with E-state index in [1.54, 1.807) is 23.5 Å². The molecule has 0 fully saturated rings. The first-order valence-electron chi connectivity index (χ1n) is 6.09. The summed E-state index contributed by atoms with van der Waals surface area (Å²) in [6.07, 6.45) is 2.89. The number of halogens is 1. The lowest BCUT2D eigenvalue weighted by atomic mass is 10.0. The lowest BCUT2D eigenvalue weighted by Gasteiger charge is -2.18. The minimum atomic E-state index is -0.183. The van der Waals surface area contributed by atoms with Crippen LogP contribution in [0.4, 0.5) is 4.39 Å². The third-order valence-corrected chi connectivity index (χ3v) is 3.57. The highest BCUT2D eigenvalue weighted by Gasteiger charge is 2.15. The third-order valence-electron chi connectivity index (χ3n) is 2.73. The molecule has 1 atom stereocenters. The zero-order valence-corrected chi connectivity index (χ0v) is 11.4. The molecule has 0 saturated heterocycles. The van der Waals surface area contributed by atoms with Gasteiger partial charge in [0.2, 0.25) is 0 Å². The molecule has 0 radical (unpaired) electrons. The average Bonchev–Trinajstić information content (AvgIpc) is 2.82. The van der Waals surface area contributed by atoms with Gasteiger partial charge in [-0.25, -0.2) is 4.39 Å². The Labute approximate surface area is 111 Å². The van der Waals surface area contributed by atoms with E-state index in [0.29, 0.717) is 0 Å². The van der Waals surface area contributed by atoms with E-state index >= 15 is 0 Å². The SMILES string of the molecule is CCCNC(c1cc(C)cc(F)c1)c1cncs1. The first kappa shape index (κ1) is 13.2. The molecule has 4 heteroatoms. The van der Waals surface area contributed by atoms with Gasteiger partial charge in [-0.1, -0.05) is 13.0 Å². The summed E-state index contributed by atoms with van der Waals surface area (Å²) in [6.45, 7) is 4.93. The van der Waals surface area contributed by atoms with E-state index in [4.69, 9.17) is 0 Å². The topological polar surface area (TPSA) is 24.9 Å². The molecule has 1 unspecified atom stereocenters. The number of hydrogen-bond acceptors (Lipinski definition) is 3. The first-order valence-corrected chi connectivity index (χ1v) is 6.97. The number of aryl methyl sites for hydroxylation is 1. The third kappa shape index (κ3) is 3.15. The second kappa shape index (κ2) is 6.07. The highest BCUT2D eigenvalue weighted by atomic mass is 32.1. The number of nitrogens with zero attached hydrogens (tertiary/aromatic N) is 1. The van der Waals surface area contributed by atoms with Gasteiger partial charge in [-0.3, -0.25) is 4.98 Å². The van der Waals surface area contributed by atoms with Gasteiger partial charge in [0.1, 0.15) is 5.82 Å². The van der Waals surface area contributed by atoms with Crippen LogP contribution in [0.3, 0.4) is 0 Å². The van der Waals surface area contributed by atoms with Gasteiger partial charge in [-0.15, -0.1) is 11.3 Å². The van der Waals surface area contributed by atoms with Crippen LogP contribution < -0.4 is 5.32 Å². The summed E-state index contributed by atoms with van der Waals surface area (Å²) in [5.41, 5.74) is 3.71. The van der Waals surface area contributed by atoms with Crippen LogP contribution in [0.15, 0.2) is 29.9 Å². The summed E-state index contributed by atoms with van der Waals surface area (Å²) >= 11 is 1.59. The molecule has 1 N–H and O–H groups in total. The molecule has 0 saturated carbocycles. The summed E-state index contributed by atoms with van der Waals surface area (Å²) in [6, 6.07) is 5.20. The molecule has 0 aliphatic heterocycles. The normalized spacial score (nSPS) is 12.6. The molecule has 2 nitrogen and oxygen atoms in total. The monoisotopic (exact) mass is 264 g/mol. The van der Waals surface area contributed by atoms with Crippen molar-refractivity contribution >= 4 is 11.3 Å². The maximum atomic E-state index is 13.5. The Balaban J connectivity index is 2.33. The van der Waals surface area contributed by atoms with E-state index in [-0.39, 0.29) is 11.9 Å². The zero-order chi connectivity index (χ0) is 13.0. The molecule has 0 aliphatic rings. The molecule has 0 bridgehead atoms. The molecule has 18 heavy (non-hydrogen) atoms. The zero-order valence-electron chi connectivity index (χ0n) is 10.6. The largest absolute Gasteiger partial charge is 0.306 e. The van der Waals surface area contributed by atoms with E-state index in [2.05, 4.69) is 17.2 Å². The summed E-state index contributed by atoms with van der Waals surface area (Å²) in [5.74, 6) is -0.183. The van der Waals surface area contributed by atoms with Crippen LogP contribution in [-0.4, -0.2) is 11.5 Å². The molecule has 1 heterocycles. The highest BCUT2D eigenvalue weighted by Crippen LogP contribution is 2.26. The van der Waals surface area contributed by atoms with Gasteiger partial charge in [-0.2, -0.15) is 0 Å². The highest BCUT2D eigenvalue weighted by molar-refractivity contribution is 7.09. The van der Waals surface area contributed by atoms with Crippen molar-refractivity contribution < 1.29 is 4.39 Å². The van der Waals surface area contributed by atoms with E-state index in [9.17, 15) is 4.39 Å². The van der Waals surface area contributed by atoms with Gasteiger partial charge in [0.15, 0.2) is 0 Å². The number of hydrogen-bond donors (Lipinski definition) is 1. The van der Waals surface area contributed by atoms with Gasteiger partial charge in [0.05, 0.1) is 11.6 Å². The standard InChI is InChI=1S/C14H17FN2S/c1-3-4-17-14(13-8-16-9-18-13)11-5-10(2)6-12(15)7-11/h5-9,14,17H,3-4H2,1-2H3. The molecule has 1 aromatic carbocycles. The van der Waals surface area contributed by atoms with E-state index in [0.717, 1.165) is 29.0 Å². The second-order valence-corrected chi connectivity index (χ2v) is 5.27. The Morgan fingerprint density at radius 3 is 2.83 bits per heavy atom. The van der Waals surface area contributed by atoms with Crippen LogP contribution in [0, 0.1) is 12.7 Å². The fourth-order valence-corrected chi connectivity index (χ4v) is 2.69. The first-order chi connectivity index (χ1) is 8.70. The molecular formula is C14H17FN2S. The Kier molecular flexibility index (Phi) is 4.44. The number of aromatic nitrogens is 1. The Morgan fingerprint density at radius 2 is 2.22 bits per heavy atom. The molecule has 0 spiro atoms. The molecular weight excluding hydrogens is 247 g/mol. The van der Waals surface area contributed by atoms with Crippen molar-refractivity contribution in [1.29, 1.82) is 0 Å². The van der Waals surface area contributed by atoms with Crippen LogP contribution in [0.2, 0.25) is 0 Å². The fraction of sp³-hybridized carbons (Fsp3) is 0.357. The summed E-state index contributed by atoms with van der Waals surface area (Å²) in [5, 5.41) is 3.45. The average molecular weight is 264 g/mol. The van der Waals surface area contributed by atoms with Crippen molar-refractivity contribution in [3.63, 3.8) is 0 Å². The van der Waals surface area contributed by atoms with E-state index in [1.807, 2.05) is 24.7 Å². The molecule has 1 aromatic heterocycles. The van der Waals surface area contributed by atoms with E-state index in [1.165, 1.54) is 0 Å². The number of benzene rings is 1. The molecule has 0 amide bonds. The summed E-state index contributed by atoms with van der Waals surface area (Å²) < 4.78 is 13.5. The van der Waals surface area contributed by atoms with Gasteiger partial charge >= 0.3 is 0 Å². The van der Waals surface area contributed by atoms with Crippen LogP contribution in [0.5, 0.6) is 0 Å². The van der Waals surface area contributed by atoms with Gasteiger partial charge in [0.25, 0.3) is 0 Å². The predicted molar refractivity (Wildman–Crippen MR) is 73.4 cm³/mol. The maximum Gasteiger partial charge on any atom is 0.123 e. The smallest absolute Gasteiger partial charge is 0.123 e. The van der Waals surface area contributed by atoms with E-state index < -0.39 is 0 Å². The van der Waals surface area contributed by atoms with Crippen LogP contribution in [0.1, 0.15) is 35.4 Å². The van der Waals surface area contributed by atoms with Gasteiger partial charge in [0, 0.05) is 11.1 Å². The van der Waals surface area contributed by atoms with Crippen molar-refractivity contribution in [3.8, 4) is 0 Å². The molecule has 96 valence electrons. The minimum absolute atomic E-state index is 0.0341. The van der Waals surface area contributed by atoms with Gasteiger partial charge < -0.3 is 5.32 Å². The van der Waals surface area contributed by atoms with Crippen LogP contribution >= 0.6 is 11.3 Å². The van der Waals surface area contributed by atoms with Crippen LogP contribution in [0.25, 0.3) is 0 Å². The van der Waals surface area contributed by atoms with Crippen LogP contribution in [-0.2, 0) is 0 Å². The molecule has 2 aromatic rings. The Morgan fingerprint density at radius 1 is 1.39 bits per heavy atom. The quantitative estimate of drug-likeness (QED) is 0.891. The van der Waals surface area contributed by atoms with Crippen molar-refractivity contribution in [3.05, 3.63) is 51.7 Å². The number of thiazole rings is 1. The Hall–Kier alpha value is -1.26. The minimum Gasteiger partial charge on any atom is -0.306 e. The van der Waals surface area contributed by atoms with Crippen molar-refractivity contribution in [1.82, 2.24) is 10.3 Å². The number of rotatable bonds is 5. The Bertz CT molecular complexity index is 476. The predicted octanol–water partition coefficient (Wildman–Crippen LogP) is 3.68. The second-order valence-electron chi connectivity index (χ2n) is 4.35. The maximum absolute atomic E-state index is 13.5. The molecule has 2 rings (SSSR count). The lowest BCUT2D eigenvalue weighted by Crippen LogP contribution is -2.22. The van der Waals surface area contributed by atoms with Crippen molar-refractivity contribution in [2.75, 3.05) is 6.54 Å². The van der Waals surface area contributed by atoms with Crippen molar-refractivity contribution in [2.24, 2.45) is 0 Å². The fourth-order valence-electron chi connectivity index (χ4n) is 1.97.